The summed E-state index contributed by atoms with van der Waals surface area (Å²) >= 11 is 7.86. The maximum Gasteiger partial charge on any atom is 0.185 e. The van der Waals surface area contributed by atoms with E-state index in [0.717, 1.165) is 16.3 Å². The van der Waals surface area contributed by atoms with Gasteiger partial charge in [-0.25, -0.2) is 14.1 Å². The molecule has 128 valence electrons. The number of rotatable bonds is 5. The predicted octanol–water partition coefficient (Wildman–Crippen LogP) is 4.46. The number of benzene rings is 2. The minimum Gasteiger partial charge on any atom is -0.354 e. The highest BCUT2D eigenvalue weighted by Crippen LogP contribution is 2.59. The Balaban J connectivity index is 1.77. The van der Waals surface area contributed by atoms with E-state index in [4.69, 9.17) is 16.3 Å². The average molecular weight is 376 g/mol. The van der Waals surface area contributed by atoms with E-state index in [1.165, 1.54) is 30.2 Å². The summed E-state index contributed by atoms with van der Waals surface area (Å²) in [4.78, 5) is 4.23. The lowest BCUT2D eigenvalue weighted by Crippen LogP contribution is -2.20. The highest BCUT2D eigenvalue weighted by atomic mass is 35.5. The van der Waals surface area contributed by atoms with Gasteiger partial charge in [-0.1, -0.05) is 53.7 Å². The predicted molar refractivity (Wildman–Crippen MR) is 95.2 cm³/mol. The molecular weight excluding hydrogens is 361 g/mol. The summed E-state index contributed by atoms with van der Waals surface area (Å²) in [7, 11) is 0. The van der Waals surface area contributed by atoms with E-state index in [-0.39, 0.29) is 11.9 Å². The number of ether oxygens (including phenoxy) is 1. The van der Waals surface area contributed by atoms with Crippen LogP contribution in [0.2, 0.25) is 5.02 Å². The maximum absolute atomic E-state index is 13.8. The van der Waals surface area contributed by atoms with Crippen LogP contribution in [-0.4, -0.2) is 21.0 Å². The van der Waals surface area contributed by atoms with E-state index in [1.54, 1.807) is 10.7 Å². The van der Waals surface area contributed by atoms with E-state index in [1.807, 2.05) is 36.6 Å². The number of halogens is 2. The molecule has 1 aliphatic rings. The van der Waals surface area contributed by atoms with Gasteiger partial charge in [0.15, 0.2) is 5.16 Å². The van der Waals surface area contributed by atoms with Crippen LogP contribution in [0.15, 0.2) is 60.0 Å². The molecule has 25 heavy (non-hydrogen) atoms. The normalized spacial score (nSPS) is 22.1. The fourth-order valence-corrected chi connectivity index (χ4v) is 3.81. The van der Waals surface area contributed by atoms with Crippen molar-refractivity contribution in [1.29, 1.82) is 0 Å². The molecule has 4 nitrogen and oxygen atoms in total. The minimum absolute atomic E-state index is 0.262. The standard InChI is InChI=1S/C18H15ClFN3OS/c1-25-17-21-11-22-23(17)10-18(12-5-4-6-13(20)9-12)16(24-18)14-7-2-3-8-15(14)19/h2-9,11,16H,10H2,1H3/t16-,18-/m1/s1. The molecule has 2 aromatic carbocycles. The molecule has 2 atom stereocenters. The summed E-state index contributed by atoms with van der Waals surface area (Å²) in [6.45, 7) is 0.433. The van der Waals surface area contributed by atoms with Crippen LogP contribution >= 0.6 is 23.4 Å². The third-order valence-electron chi connectivity index (χ3n) is 4.34. The lowest BCUT2D eigenvalue weighted by Gasteiger charge is -2.15. The molecule has 0 N–H and O–H groups in total. The highest BCUT2D eigenvalue weighted by molar-refractivity contribution is 7.98. The van der Waals surface area contributed by atoms with Crippen LogP contribution in [0.4, 0.5) is 4.39 Å². The fourth-order valence-electron chi connectivity index (χ4n) is 3.10. The van der Waals surface area contributed by atoms with Crippen molar-refractivity contribution < 1.29 is 9.13 Å². The largest absolute Gasteiger partial charge is 0.354 e. The molecule has 1 aliphatic heterocycles. The van der Waals surface area contributed by atoms with Gasteiger partial charge in [-0.05, 0) is 30.0 Å². The van der Waals surface area contributed by atoms with Gasteiger partial charge >= 0.3 is 0 Å². The first-order chi connectivity index (χ1) is 12.1. The van der Waals surface area contributed by atoms with E-state index >= 15 is 0 Å². The van der Waals surface area contributed by atoms with Gasteiger partial charge in [0.2, 0.25) is 0 Å². The van der Waals surface area contributed by atoms with Gasteiger partial charge in [-0.2, -0.15) is 5.10 Å². The Hall–Kier alpha value is -1.89. The molecule has 4 rings (SSSR count). The molecule has 1 saturated heterocycles. The first-order valence-electron chi connectivity index (χ1n) is 7.74. The zero-order valence-corrected chi connectivity index (χ0v) is 15.0. The van der Waals surface area contributed by atoms with Crippen molar-refractivity contribution in [1.82, 2.24) is 14.8 Å². The van der Waals surface area contributed by atoms with Gasteiger partial charge < -0.3 is 4.74 Å². The van der Waals surface area contributed by atoms with Crippen molar-refractivity contribution in [3.05, 3.63) is 76.8 Å². The zero-order chi connectivity index (χ0) is 17.4. The number of hydrogen-bond donors (Lipinski definition) is 0. The molecule has 2 heterocycles. The Labute approximate surface area is 154 Å². The van der Waals surface area contributed by atoms with Crippen LogP contribution in [0.3, 0.4) is 0 Å². The van der Waals surface area contributed by atoms with Crippen LogP contribution in [0.5, 0.6) is 0 Å². The summed E-state index contributed by atoms with van der Waals surface area (Å²) in [5, 5.41) is 5.70. The molecule has 0 radical (unpaired) electrons. The molecule has 3 aromatic rings. The van der Waals surface area contributed by atoms with Crippen LogP contribution < -0.4 is 0 Å². The number of nitrogens with zero attached hydrogens (tertiary/aromatic N) is 3. The van der Waals surface area contributed by atoms with Gasteiger partial charge in [-0.3, -0.25) is 0 Å². The lowest BCUT2D eigenvalue weighted by molar-refractivity contribution is 0.256. The van der Waals surface area contributed by atoms with Crippen molar-refractivity contribution in [3.8, 4) is 0 Å². The summed E-state index contributed by atoms with van der Waals surface area (Å²) in [6, 6.07) is 14.1. The van der Waals surface area contributed by atoms with Crippen molar-refractivity contribution in [2.45, 2.75) is 23.4 Å². The van der Waals surface area contributed by atoms with Crippen molar-refractivity contribution in [3.63, 3.8) is 0 Å². The van der Waals surface area contributed by atoms with Gasteiger partial charge in [0.25, 0.3) is 0 Å². The quantitative estimate of drug-likeness (QED) is 0.488. The third kappa shape index (κ3) is 2.94. The Morgan fingerprint density at radius 2 is 2.12 bits per heavy atom. The van der Waals surface area contributed by atoms with Crippen molar-refractivity contribution >= 4 is 23.4 Å². The van der Waals surface area contributed by atoms with Gasteiger partial charge in [0.05, 0.1) is 6.54 Å². The summed E-state index contributed by atoms with van der Waals surface area (Å²) in [5.74, 6) is -0.297. The average Bonchev–Trinajstić information content (AvgIpc) is 3.16. The van der Waals surface area contributed by atoms with Crippen molar-refractivity contribution in [2.24, 2.45) is 0 Å². The minimum atomic E-state index is -0.717. The Morgan fingerprint density at radius 3 is 2.88 bits per heavy atom. The number of hydrogen-bond acceptors (Lipinski definition) is 4. The second-order valence-electron chi connectivity index (χ2n) is 5.82. The topological polar surface area (TPSA) is 43.2 Å². The van der Waals surface area contributed by atoms with E-state index in [0.29, 0.717) is 11.6 Å². The number of epoxide rings is 1. The molecule has 0 amide bonds. The maximum atomic E-state index is 13.8. The van der Waals surface area contributed by atoms with Gasteiger partial charge in [0, 0.05) is 10.6 Å². The molecule has 0 unspecified atom stereocenters. The zero-order valence-electron chi connectivity index (χ0n) is 13.4. The number of aromatic nitrogens is 3. The van der Waals surface area contributed by atoms with Gasteiger partial charge in [-0.15, -0.1) is 0 Å². The van der Waals surface area contributed by atoms with Crippen LogP contribution in [0, 0.1) is 5.82 Å². The van der Waals surface area contributed by atoms with Crippen LogP contribution in [-0.2, 0) is 16.9 Å². The Kier molecular flexibility index (Phi) is 4.27. The first kappa shape index (κ1) is 16.6. The Morgan fingerprint density at radius 1 is 1.28 bits per heavy atom. The SMILES string of the molecule is CSc1ncnn1C[C@]1(c2cccc(F)c2)O[C@@H]1c1ccccc1Cl. The molecule has 7 heteroatoms. The van der Waals surface area contributed by atoms with Crippen LogP contribution in [0.25, 0.3) is 0 Å². The van der Waals surface area contributed by atoms with E-state index in [2.05, 4.69) is 10.1 Å². The summed E-state index contributed by atoms with van der Waals surface area (Å²) in [5.41, 5.74) is 0.935. The highest BCUT2D eigenvalue weighted by Gasteiger charge is 2.59. The smallest absolute Gasteiger partial charge is 0.185 e. The molecule has 0 spiro atoms. The monoisotopic (exact) mass is 375 g/mol. The third-order valence-corrected chi connectivity index (χ3v) is 5.37. The van der Waals surface area contributed by atoms with Crippen LogP contribution in [0.1, 0.15) is 17.2 Å². The van der Waals surface area contributed by atoms with Gasteiger partial charge in [0.1, 0.15) is 23.8 Å². The summed E-state index contributed by atoms with van der Waals surface area (Å²) < 4.78 is 21.8. The summed E-state index contributed by atoms with van der Waals surface area (Å²) in [6.07, 6.45) is 3.19. The Bertz CT molecular complexity index is 919. The number of thioether (sulfide) groups is 1. The molecule has 0 aliphatic carbocycles. The molecule has 0 saturated carbocycles. The van der Waals surface area contributed by atoms with E-state index < -0.39 is 5.60 Å². The second kappa shape index (κ2) is 6.44. The van der Waals surface area contributed by atoms with E-state index in [9.17, 15) is 4.39 Å². The molecular formula is C18H15ClFN3OS. The van der Waals surface area contributed by atoms with Crippen molar-refractivity contribution in [2.75, 3.05) is 6.26 Å². The fraction of sp³-hybridized carbons (Fsp3) is 0.222. The molecule has 1 aromatic heterocycles. The molecule has 1 fully saturated rings. The first-order valence-corrected chi connectivity index (χ1v) is 9.34. The lowest BCUT2D eigenvalue weighted by atomic mass is 9.91. The molecule has 0 bridgehead atoms. The second-order valence-corrected chi connectivity index (χ2v) is 7.00.